The number of thiazole rings is 1. The van der Waals surface area contributed by atoms with E-state index in [2.05, 4.69) is 4.98 Å². The van der Waals surface area contributed by atoms with Gasteiger partial charge in [0.1, 0.15) is 11.6 Å². The molecule has 1 heterocycles. The Bertz CT molecular complexity index is 1000. The number of carbonyl (C=O) groups excluding carboxylic acids is 1. The van der Waals surface area contributed by atoms with Crippen molar-refractivity contribution in [2.45, 2.75) is 39.9 Å². The van der Waals surface area contributed by atoms with E-state index in [0.717, 1.165) is 16.3 Å². The van der Waals surface area contributed by atoms with Crippen LogP contribution in [0.15, 0.2) is 47.8 Å². The van der Waals surface area contributed by atoms with Crippen LogP contribution in [0.1, 0.15) is 30.7 Å². The minimum absolute atomic E-state index is 0.137. The number of aryl methyl sites for hydroxylation is 1. The molecule has 0 N–H and O–H groups in total. The lowest BCUT2D eigenvalue weighted by Crippen LogP contribution is -2.29. The first-order valence-electron chi connectivity index (χ1n) is 10.2. The zero-order valence-corrected chi connectivity index (χ0v) is 18.7. The zero-order valence-electron chi connectivity index (χ0n) is 17.9. The van der Waals surface area contributed by atoms with Crippen LogP contribution in [0, 0.1) is 12.7 Å². The van der Waals surface area contributed by atoms with Crippen molar-refractivity contribution < 1.29 is 23.4 Å². The molecule has 3 aromatic rings. The molecule has 0 bridgehead atoms. The van der Waals surface area contributed by atoms with Gasteiger partial charge in [-0.05, 0) is 38.5 Å². The van der Waals surface area contributed by atoms with E-state index in [9.17, 15) is 9.18 Å². The molecule has 7 heteroatoms. The molecule has 2 aromatic carbocycles. The fraction of sp³-hybridized carbons (Fsp3) is 0.333. The molecule has 0 aliphatic carbocycles. The summed E-state index contributed by atoms with van der Waals surface area (Å²) in [6.45, 7) is 6.38. The van der Waals surface area contributed by atoms with Crippen molar-refractivity contribution >= 4 is 17.3 Å². The molecule has 0 aliphatic rings. The maximum Gasteiger partial charge on any atom is 0.335 e. The molecule has 0 fully saturated rings. The number of hydrogen-bond donors (Lipinski definition) is 0. The lowest BCUT2D eigenvalue weighted by molar-refractivity contribution is -0.156. The summed E-state index contributed by atoms with van der Waals surface area (Å²) < 4.78 is 30.6. The fourth-order valence-corrected chi connectivity index (χ4v) is 3.81. The SMILES string of the molecule is CCOC(=O)C(Cc1ccc(OCc2csc(-c3ccc(C)cc3)n2)c(F)c1)OCC. The largest absolute Gasteiger partial charge is 0.484 e. The van der Waals surface area contributed by atoms with Gasteiger partial charge in [-0.15, -0.1) is 11.3 Å². The highest BCUT2D eigenvalue weighted by molar-refractivity contribution is 7.13. The van der Waals surface area contributed by atoms with Crippen LogP contribution in [0.4, 0.5) is 4.39 Å². The van der Waals surface area contributed by atoms with Gasteiger partial charge in [-0.1, -0.05) is 35.9 Å². The minimum Gasteiger partial charge on any atom is -0.484 e. The van der Waals surface area contributed by atoms with E-state index < -0.39 is 17.9 Å². The van der Waals surface area contributed by atoms with Gasteiger partial charge in [0.2, 0.25) is 0 Å². The van der Waals surface area contributed by atoms with Gasteiger partial charge in [-0.3, -0.25) is 0 Å². The molecule has 0 amide bonds. The number of hydrogen-bond acceptors (Lipinski definition) is 6. The van der Waals surface area contributed by atoms with Crippen molar-refractivity contribution in [2.75, 3.05) is 13.2 Å². The molecule has 1 unspecified atom stereocenters. The molecule has 3 rings (SSSR count). The highest BCUT2D eigenvalue weighted by atomic mass is 32.1. The van der Waals surface area contributed by atoms with Crippen molar-refractivity contribution in [2.24, 2.45) is 0 Å². The van der Waals surface area contributed by atoms with Crippen molar-refractivity contribution in [3.63, 3.8) is 0 Å². The van der Waals surface area contributed by atoms with Crippen LogP contribution in [0.25, 0.3) is 10.6 Å². The monoisotopic (exact) mass is 443 g/mol. The second-order valence-electron chi connectivity index (χ2n) is 6.96. The summed E-state index contributed by atoms with van der Waals surface area (Å²) in [4.78, 5) is 16.6. The number of nitrogens with zero attached hydrogens (tertiary/aromatic N) is 1. The first-order valence-corrected chi connectivity index (χ1v) is 11.1. The molecule has 0 spiro atoms. The quantitative estimate of drug-likeness (QED) is 0.396. The van der Waals surface area contributed by atoms with Gasteiger partial charge in [-0.2, -0.15) is 0 Å². The van der Waals surface area contributed by atoms with Crippen LogP contribution < -0.4 is 4.74 Å². The van der Waals surface area contributed by atoms with Gasteiger partial charge < -0.3 is 14.2 Å². The number of benzene rings is 2. The summed E-state index contributed by atoms with van der Waals surface area (Å²) in [5.74, 6) is -0.804. The predicted molar refractivity (Wildman–Crippen MR) is 119 cm³/mol. The second-order valence-corrected chi connectivity index (χ2v) is 7.82. The van der Waals surface area contributed by atoms with Gasteiger partial charge in [0.15, 0.2) is 17.7 Å². The van der Waals surface area contributed by atoms with E-state index in [4.69, 9.17) is 14.2 Å². The molecule has 0 aliphatic heterocycles. The third-order valence-corrected chi connectivity index (χ3v) is 5.50. The Hall–Kier alpha value is -2.77. The van der Waals surface area contributed by atoms with Gasteiger partial charge in [0, 0.05) is 24.0 Å². The number of halogens is 1. The highest BCUT2D eigenvalue weighted by Crippen LogP contribution is 2.26. The minimum atomic E-state index is -0.758. The third kappa shape index (κ3) is 6.35. The first-order chi connectivity index (χ1) is 15.0. The van der Waals surface area contributed by atoms with Crippen molar-refractivity contribution in [1.29, 1.82) is 0 Å². The lowest BCUT2D eigenvalue weighted by Gasteiger charge is -2.16. The number of rotatable bonds is 10. The first kappa shape index (κ1) is 22.9. The van der Waals surface area contributed by atoms with E-state index in [1.165, 1.54) is 23.0 Å². The van der Waals surface area contributed by atoms with Gasteiger partial charge in [-0.25, -0.2) is 14.2 Å². The third-order valence-electron chi connectivity index (χ3n) is 4.56. The molecule has 31 heavy (non-hydrogen) atoms. The van der Waals surface area contributed by atoms with Crippen LogP contribution in [-0.4, -0.2) is 30.3 Å². The Morgan fingerprint density at radius 2 is 1.90 bits per heavy atom. The lowest BCUT2D eigenvalue weighted by atomic mass is 10.1. The Balaban J connectivity index is 1.61. The average Bonchev–Trinajstić information content (AvgIpc) is 3.22. The normalized spacial score (nSPS) is 11.9. The van der Waals surface area contributed by atoms with E-state index in [1.54, 1.807) is 26.0 Å². The summed E-state index contributed by atoms with van der Waals surface area (Å²) in [5, 5.41) is 2.81. The van der Waals surface area contributed by atoms with E-state index in [1.807, 2.05) is 36.6 Å². The van der Waals surface area contributed by atoms with Crippen molar-refractivity contribution in [1.82, 2.24) is 4.98 Å². The van der Waals surface area contributed by atoms with E-state index in [-0.39, 0.29) is 25.4 Å². The Kier molecular flexibility index (Phi) is 8.14. The smallest absolute Gasteiger partial charge is 0.335 e. The molecule has 1 aromatic heterocycles. The number of ether oxygens (including phenoxy) is 3. The molecule has 0 radical (unpaired) electrons. The predicted octanol–water partition coefficient (Wildman–Crippen LogP) is 5.35. The molecule has 1 atom stereocenters. The summed E-state index contributed by atoms with van der Waals surface area (Å²) in [6, 6.07) is 12.8. The molecule has 164 valence electrons. The average molecular weight is 444 g/mol. The van der Waals surface area contributed by atoms with Gasteiger partial charge in [0.05, 0.1) is 12.3 Å². The topological polar surface area (TPSA) is 57.7 Å². The Labute approximate surface area is 185 Å². The van der Waals surface area contributed by atoms with Crippen LogP contribution in [-0.2, 0) is 27.3 Å². The van der Waals surface area contributed by atoms with Crippen LogP contribution in [0.2, 0.25) is 0 Å². The summed E-state index contributed by atoms with van der Waals surface area (Å²) >= 11 is 1.53. The van der Waals surface area contributed by atoms with Crippen LogP contribution in [0.5, 0.6) is 5.75 Å². The fourth-order valence-electron chi connectivity index (χ4n) is 3.00. The summed E-state index contributed by atoms with van der Waals surface area (Å²) in [5.41, 5.74) is 3.61. The summed E-state index contributed by atoms with van der Waals surface area (Å²) in [6.07, 6.45) is -0.526. The second kappa shape index (κ2) is 11.0. The standard InChI is InChI=1S/C24H26FNO4S/c1-4-28-22(24(27)29-5-2)13-17-8-11-21(20(25)12-17)30-14-19-15-31-23(26-19)18-9-6-16(3)7-10-18/h6-12,15,22H,4-5,13-14H2,1-3H3. The maximum atomic E-state index is 14.5. The molecule has 5 nitrogen and oxygen atoms in total. The summed E-state index contributed by atoms with van der Waals surface area (Å²) in [7, 11) is 0. The van der Waals surface area contributed by atoms with Gasteiger partial charge in [0.25, 0.3) is 0 Å². The molecular formula is C24H26FNO4S. The zero-order chi connectivity index (χ0) is 22.2. The Morgan fingerprint density at radius 3 is 2.58 bits per heavy atom. The van der Waals surface area contributed by atoms with Crippen molar-refractivity contribution in [3.8, 4) is 16.3 Å². The number of carbonyl (C=O) groups is 1. The van der Waals surface area contributed by atoms with Crippen molar-refractivity contribution in [3.05, 3.63) is 70.5 Å². The molecule has 0 saturated carbocycles. The van der Waals surface area contributed by atoms with Crippen LogP contribution >= 0.6 is 11.3 Å². The number of esters is 1. The van der Waals surface area contributed by atoms with Gasteiger partial charge >= 0.3 is 5.97 Å². The van der Waals surface area contributed by atoms with E-state index in [0.29, 0.717) is 12.2 Å². The highest BCUT2D eigenvalue weighted by Gasteiger charge is 2.21. The maximum absolute atomic E-state index is 14.5. The molecule has 0 saturated heterocycles. The Morgan fingerprint density at radius 1 is 1.13 bits per heavy atom. The number of aromatic nitrogens is 1. The molecular weight excluding hydrogens is 417 g/mol. The van der Waals surface area contributed by atoms with Crippen LogP contribution in [0.3, 0.4) is 0 Å². The van der Waals surface area contributed by atoms with E-state index >= 15 is 0 Å².